The molecule has 1 aliphatic carbocycles. The molecule has 1 unspecified atom stereocenters. The third-order valence-electron chi connectivity index (χ3n) is 4.92. The number of rotatable bonds is 7. The Morgan fingerprint density at radius 1 is 1.26 bits per heavy atom. The van der Waals surface area contributed by atoms with Gasteiger partial charge in [0.15, 0.2) is 0 Å². The first kappa shape index (κ1) is 19.7. The molecule has 5 nitrogen and oxygen atoms in total. The molecule has 1 saturated carbocycles. The minimum absolute atomic E-state index is 0.104. The van der Waals surface area contributed by atoms with E-state index in [1.54, 1.807) is 7.11 Å². The summed E-state index contributed by atoms with van der Waals surface area (Å²) in [7, 11) is -2.17. The second-order valence-electron chi connectivity index (χ2n) is 6.73. The molecule has 0 amide bonds. The first-order valence-corrected chi connectivity index (χ1v) is 10.5. The van der Waals surface area contributed by atoms with Crippen molar-refractivity contribution in [2.24, 2.45) is 5.92 Å². The van der Waals surface area contributed by atoms with Crippen LogP contribution in [0.25, 0.3) is 0 Å². The molecular formula is C20H21ClN2O3S. The summed E-state index contributed by atoms with van der Waals surface area (Å²) in [6, 6.07) is 13.5. The molecule has 0 saturated heterocycles. The average molecular weight is 405 g/mol. The Hall–Kier alpha value is -2.07. The van der Waals surface area contributed by atoms with Crippen LogP contribution in [-0.4, -0.2) is 25.9 Å². The number of nitriles is 1. The largest absolute Gasteiger partial charge is 0.497 e. The molecule has 1 fully saturated rings. The van der Waals surface area contributed by atoms with Gasteiger partial charge in [0.25, 0.3) is 0 Å². The Morgan fingerprint density at radius 3 is 2.44 bits per heavy atom. The lowest BCUT2D eigenvalue weighted by molar-refractivity contribution is 0.303. The number of benzene rings is 2. The smallest absolute Gasteiger partial charge is 0.243 e. The zero-order valence-electron chi connectivity index (χ0n) is 15.2. The summed E-state index contributed by atoms with van der Waals surface area (Å²) in [5.41, 5.74) is 1.14. The molecule has 1 atom stereocenters. The Morgan fingerprint density at radius 2 is 1.93 bits per heavy atom. The summed E-state index contributed by atoms with van der Waals surface area (Å²) in [6.45, 7) is 2.21. The summed E-state index contributed by atoms with van der Waals surface area (Å²) in [5, 5.41) is 9.16. The molecule has 3 rings (SSSR count). The predicted molar refractivity (Wildman–Crippen MR) is 104 cm³/mol. The van der Waals surface area contributed by atoms with Gasteiger partial charge in [-0.2, -0.15) is 9.57 Å². The van der Waals surface area contributed by atoms with E-state index in [2.05, 4.69) is 0 Å². The standard InChI is InChI=1S/C20H21ClN2O3S/c1-14(16-5-6-16)23(13-15-3-8-18(26-2)9-4-15)27(24,25)19-10-7-17(12-22)20(21)11-19/h3-4,7-11,14,16H,5-6,13H2,1-2H3. The molecule has 2 aromatic carbocycles. The molecule has 0 aromatic heterocycles. The van der Waals surface area contributed by atoms with Crippen LogP contribution >= 0.6 is 11.6 Å². The van der Waals surface area contributed by atoms with Crippen LogP contribution in [-0.2, 0) is 16.6 Å². The molecule has 2 aromatic rings. The van der Waals surface area contributed by atoms with Crippen molar-refractivity contribution in [2.45, 2.75) is 37.2 Å². The highest BCUT2D eigenvalue weighted by Gasteiger charge is 2.38. The van der Waals surface area contributed by atoms with Gasteiger partial charge in [-0.05, 0) is 61.6 Å². The number of halogens is 1. The first-order valence-electron chi connectivity index (χ1n) is 8.71. The van der Waals surface area contributed by atoms with Crippen molar-refractivity contribution in [2.75, 3.05) is 7.11 Å². The Kier molecular flexibility index (Phi) is 5.75. The van der Waals surface area contributed by atoms with Crippen molar-refractivity contribution in [3.63, 3.8) is 0 Å². The highest BCUT2D eigenvalue weighted by atomic mass is 35.5. The van der Waals surface area contributed by atoms with E-state index in [1.165, 1.54) is 22.5 Å². The predicted octanol–water partition coefficient (Wildman–Crippen LogP) is 4.21. The van der Waals surface area contributed by atoms with Gasteiger partial charge in [0.2, 0.25) is 10.0 Å². The molecule has 27 heavy (non-hydrogen) atoms. The molecular weight excluding hydrogens is 384 g/mol. The molecule has 1 aliphatic rings. The van der Waals surface area contributed by atoms with Crippen molar-refractivity contribution < 1.29 is 13.2 Å². The lowest BCUT2D eigenvalue weighted by Crippen LogP contribution is -2.39. The van der Waals surface area contributed by atoms with E-state index in [0.717, 1.165) is 24.2 Å². The summed E-state index contributed by atoms with van der Waals surface area (Å²) in [6.07, 6.45) is 2.06. The maximum Gasteiger partial charge on any atom is 0.243 e. The third kappa shape index (κ3) is 4.27. The molecule has 0 radical (unpaired) electrons. The van der Waals surface area contributed by atoms with Crippen LogP contribution in [0.3, 0.4) is 0 Å². The molecule has 142 valence electrons. The van der Waals surface area contributed by atoms with Gasteiger partial charge >= 0.3 is 0 Å². The summed E-state index contributed by atoms with van der Waals surface area (Å²) >= 11 is 6.07. The molecule has 0 bridgehead atoms. The van der Waals surface area contributed by atoms with Gasteiger partial charge < -0.3 is 4.74 Å². The Bertz CT molecular complexity index is 964. The van der Waals surface area contributed by atoms with Gasteiger partial charge in [0.05, 0.1) is 22.6 Å². The summed E-state index contributed by atoms with van der Waals surface area (Å²) in [5.74, 6) is 1.09. The van der Waals surface area contributed by atoms with E-state index in [1.807, 2.05) is 37.3 Å². The highest BCUT2D eigenvalue weighted by Crippen LogP contribution is 2.38. The minimum atomic E-state index is -3.76. The Labute approximate surface area is 165 Å². The Balaban J connectivity index is 1.96. The lowest BCUT2D eigenvalue weighted by Gasteiger charge is -2.29. The lowest BCUT2D eigenvalue weighted by atomic mass is 10.1. The van der Waals surface area contributed by atoms with Crippen molar-refractivity contribution in [3.05, 3.63) is 58.6 Å². The zero-order valence-corrected chi connectivity index (χ0v) is 16.8. The van der Waals surface area contributed by atoms with Crippen LogP contribution in [0.15, 0.2) is 47.4 Å². The van der Waals surface area contributed by atoms with Crippen LogP contribution in [0.2, 0.25) is 5.02 Å². The number of sulfonamides is 1. The van der Waals surface area contributed by atoms with Crippen molar-refractivity contribution in [1.29, 1.82) is 5.26 Å². The molecule has 0 heterocycles. The molecule has 7 heteroatoms. The van der Waals surface area contributed by atoms with Crippen LogP contribution in [0.1, 0.15) is 30.9 Å². The van der Waals surface area contributed by atoms with Crippen LogP contribution in [0.5, 0.6) is 5.75 Å². The normalized spacial score (nSPS) is 15.4. The number of ether oxygens (including phenoxy) is 1. The van der Waals surface area contributed by atoms with Crippen LogP contribution in [0.4, 0.5) is 0 Å². The molecule has 0 spiro atoms. The van der Waals surface area contributed by atoms with Gasteiger partial charge in [0.1, 0.15) is 11.8 Å². The fourth-order valence-electron chi connectivity index (χ4n) is 3.05. The fraction of sp³-hybridized carbons (Fsp3) is 0.350. The third-order valence-corrected chi connectivity index (χ3v) is 7.16. The summed E-state index contributed by atoms with van der Waals surface area (Å²) < 4.78 is 33.4. The number of hydrogen-bond acceptors (Lipinski definition) is 4. The van der Waals surface area contributed by atoms with Gasteiger partial charge in [-0.3, -0.25) is 0 Å². The van der Waals surface area contributed by atoms with E-state index < -0.39 is 10.0 Å². The maximum atomic E-state index is 13.3. The summed E-state index contributed by atoms with van der Waals surface area (Å²) in [4.78, 5) is 0.104. The zero-order chi connectivity index (χ0) is 19.6. The monoisotopic (exact) mass is 404 g/mol. The number of nitrogens with zero attached hydrogens (tertiary/aromatic N) is 2. The van der Waals surface area contributed by atoms with E-state index in [4.69, 9.17) is 21.6 Å². The number of hydrogen-bond donors (Lipinski definition) is 0. The fourth-order valence-corrected chi connectivity index (χ4v) is 5.05. The molecule has 0 aliphatic heterocycles. The van der Waals surface area contributed by atoms with E-state index in [-0.39, 0.29) is 28.1 Å². The second kappa shape index (κ2) is 7.89. The van der Waals surface area contributed by atoms with E-state index in [0.29, 0.717) is 5.92 Å². The average Bonchev–Trinajstić information content (AvgIpc) is 3.51. The van der Waals surface area contributed by atoms with Crippen molar-refractivity contribution in [3.8, 4) is 11.8 Å². The SMILES string of the molecule is COc1ccc(CN(C(C)C2CC2)S(=O)(=O)c2ccc(C#N)c(Cl)c2)cc1. The molecule has 0 N–H and O–H groups in total. The van der Waals surface area contributed by atoms with Crippen molar-refractivity contribution in [1.82, 2.24) is 4.31 Å². The van der Waals surface area contributed by atoms with Gasteiger partial charge in [-0.1, -0.05) is 23.7 Å². The highest BCUT2D eigenvalue weighted by molar-refractivity contribution is 7.89. The quantitative estimate of drug-likeness (QED) is 0.693. The van der Waals surface area contributed by atoms with E-state index >= 15 is 0 Å². The number of methoxy groups -OCH3 is 1. The first-order chi connectivity index (χ1) is 12.9. The maximum absolute atomic E-state index is 13.3. The minimum Gasteiger partial charge on any atom is -0.497 e. The van der Waals surface area contributed by atoms with Gasteiger partial charge in [-0.25, -0.2) is 8.42 Å². The van der Waals surface area contributed by atoms with Crippen molar-refractivity contribution >= 4 is 21.6 Å². The van der Waals surface area contributed by atoms with Crippen LogP contribution in [0, 0.1) is 17.2 Å². The van der Waals surface area contributed by atoms with Crippen LogP contribution < -0.4 is 4.74 Å². The second-order valence-corrected chi connectivity index (χ2v) is 9.03. The van der Waals surface area contributed by atoms with Gasteiger partial charge in [0, 0.05) is 12.6 Å². The van der Waals surface area contributed by atoms with Gasteiger partial charge in [-0.15, -0.1) is 0 Å². The topological polar surface area (TPSA) is 70.4 Å². The van der Waals surface area contributed by atoms with E-state index in [9.17, 15) is 8.42 Å².